The quantitative estimate of drug-likeness (QED) is 0.659. The summed E-state index contributed by atoms with van der Waals surface area (Å²) in [6.45, 7) is 1.94. The van der Waals surface area contributed by atoms with Gasteiger partial charge in [0.25, 0.3) is 10.0 Å². The van der Waals surface area contributed by atoms with Gasteiger partial charge in [0.2, 0.25) is 0 Å². The van der Waals surface area contributed by atoms with Crippen LogP contribution in [0.3, 0.4) is 0 Å². The minimum absolute atomic E-state index is 0.0195. The van der Waals surface area contributed by atoms with Crippen LogP contribution >= 0.6 is 0 Å². The number of hydrogen-bond donors (Lipinski definition) is 1. The Balaban J connectivity index is 2.08. The van der Waals surface area contributed by atoms with Gasteiger partial charge in [-0.15, -0.1) is 0 Å². The summed E-state index contributed by atoms with van der Waals surface area (Å²) in [6, 6.07) is 7.72. The van der Waals surface area contributed by atoms with Crippen LogP contribution < -0.4 is 18.9 Å². The molecule has 27 heavy (non-hydrogen) atoms. The van der Waals surface area contributed by atoms with Crippen molar-refractivity contribution >= 4 is 26.7 Å². The lowest BCUT2D eigenvalue weighted by molar-refractivity contribution is 0.386. The van der Waals surface area contributed by atoms with Crippen LogP contribution in [0.2, 0.25) is 0 Å². The molecule has 0 atom stereocenters. The first-order valence-corrected chi connectivity index (χ1v) is 9.63. The minimum atomic E-state index is -3.95. The van der Waals surface area contributed by atoms with E-state index in [2.05, 4.69) is 9.88 Å². The van der Waals surface area contributed by atoms with Gasteiger partial charge in [-0.2, -0.15) is 0 Å². The Bertz CT molecular complexity index is 1070. The van der Waals surface area contributed by atoms with E-state index < -0.39 is 10.0 Å². The van der Waals surface area contributed by atoms with Crippen molar-refractivity contribution in [3.8, 4) is 17.2 Å². The highest BCUT2D eigenvalue weighted by Gasteiger charge is 2.23. The van der Waals surface area contributed by atoms with Crippen molar-refractivity contribution in [3.63, 3.8) is 0 Å². The third-order valence-corrected chi connectivity index (χ3v) is 5.51. The number of sulfonamides is 1. The van der Waals surface area contributed by atoms with Crippen molar-refractivity contribution in [1.29, 1.82) is 0 Å². The second-order valence-electron chi connectivity index (χ2n) is 5.65. The van der Waals surface area contributed by atoms with E-state index in [-0.39, 0.29) is 16.3 Å². The van der Waals surface area contributed by atoms with Crippen LogP contribution in [-0.4, -0.2) is 34.9 Å². The van der Waals surface area contributed by atoms with E-state index in [1.54, 1.807) is 18.2 Å². The SMILES string of the molecule is CCc1noc2cc(OC)c(NS(=O)(=O)c3ccc(OC)cc3OC)cc12. The van der Waals surface area contributed by atoms with E-state index in [4.69, 9.17) is 18.7 Å². The fraction of sp³-hybridized carbons (Fsp3) is 0.278. The molecule has 2 aromatic carbocycles. The molecule has 0 amide bonds. The molecule has 3 rings (SSSR count). The van der Waals surface area contributed by atoms with Crippen LogP contribution in [0.4, 0.5) is 5.69 Å². The van der Waals surface area contributed by atoms with E-state index in [1.165, 1.54) is 33.5 Å². The Morgan fingerprint density at radius 3 is 2.41 bits per heavy atom. The van der Waals surface area contributed by atoms with E-state index in [0.717, 1.165) is 11.1 Å². The summed E-state index contributed by atoms with van der Waals surface area (Å²) in [6.07, 6.45) is 0.651. The lowest BCUT2D eigenvalue weighted by Gasteiger charge is -2.14. The summed E-state index contributed by atoms with van der Waals surface area (Å²) in [5.74, 6) is 0.973. The summed E-state index contributed by atoms with van der Waals surface area (Å²) >= 11 is 0. The van der Waals surface area contributed by atoms with Crippen molar-refractivity contribution in [3.05, 3.63) is 36.0 Å². The van der Waals surface area contributed by atoms with Gasteiger partial charge in [0.05, 0.1) is 32.7 Å². The number of rotatable bonds is 7. The number of aryl methyl sites for hydroxylation is 1. The van der Waals surface area contributed by atoms with E-state index in [9.17, 15) is 8.42 Å². The van der Waals surface area contributed by atoms with Crippen LogP contribution in [0.25, 0.3) is 11.0 Å². The zero-order valence-corrected chi connectivity index (χ0v) is 16.2. The number of anilines is 1. The number of methoxy groups -OCH3 is 3. The van der Waals surface area contributed by atoms with Gasteiger partial charge in [-0.25, -0.2) is 8.42 Å². The number of benzene rings is 2. The number of ether oxygens (including phenoxy) is 3. The molecular formula is C18H20N2O6S. The smallest absolute Gasteiger partial charge is 0.265 e. The Kier molecular flexibility index (Phi) is 5.13. The van der Waals surface area contributed by atoms with Gasteiger partial charge in [0.1, 0.15) is 22.1 Å². The fourth-order valence-corrected chi connectivity index (χ4v) is 3.93. The van der Waals surface area contributed by atoms with Crippen LogP contribution in [-0.2, 0) is 16.4 Å². The summed E-state index contributed by atoms with van der Waals surface area (Å²) in [5, 5.41) is 4.71. The normalized spacial score (nSPS) is 11.4. The van der Waals surface area contributed by atoms with Gasteiger partial charge in [-0.1, -0.05) is 12.1 Å². The lowest BCUT2D eigenvalue weighted by atomic mass is 10.1. The van der Waals surface area contributed by atoms with Gasteiger partial charge in [0, 0.05) is 17.5 Å². The van der Waals surface area contributed by atoms with Gasteiger partial charge in [-0.05, 0) is 24.6 Å². The molecule has 8 nitrogen and oxygen atoms in total. The molecule has 0 radical (unpaired) electrons. The maximum absolute atomic E-state index is 13.0. The van der Waals surface area contributed by atoms with Crippen LogP contribution in [0, 0.1) is 0 Å². The largest absolute Gasteiger partial charge is 0.497 e. The number of hydrogen-bond acceptors (Lipinski definition) is 7. The maximum Gasteiger partial charge on any atom is 0.265 e. The summed E-state index contributed by atoms with van der Waals surface area (Å²) < 4.78 is 49.4. The molecule has 0 aliphatic heterocycles. The van der Waals surface area contributed by atoms with Crippen molar-refractivity contribution < 1.29 is 27.2 Å². The molecule has 0 aliphatic rings. The first-order valence-electron chi connectivity index (χ1n) is 8.14. The Morgan fingerprint density at radius 1 is 1.04 bits per heavy atom. The molecule has 9 heteroatoms. The molecule has 144 valence electrons. The first kappa shape index (κ1) is 18.8. The third kappa shape index (κ3) is 3.50. The lowest BCUT2D eigenvalue weighted by Crippen LogP contribution is -2.14. The van der Waals surface area contributed by atoms with Crippen molar-refractivity contribution in [1.82, 2.24) is 5.16 Å². The summed E-state index contributed by atoms with van der Waals surface area (Å²) in [5.41, 5.74) is 1.53. The van der Waals surface area contributed by atoms with Gasteiger partial charge in [-0.3, -0.25) is 4.72 Å². The number of nitrogens with zero attached hydrogens (tertiary/aromatic N) is 1. The molecule has 0 saturated carbocycles. The Morgan fingerprint density at radius 2 is 1.78 bits per heavy atom. The average molecular weight is 392 g/mol. The Labute approximate surface area is 157 Å². The molecule has 3 aromatic rings. The zero-order valence-electron chi connectivity index (χ0n) is 15.4. The predicted molar refractivity (Wildman–Crippen MR) is 100 cm³/mol. The highest BCUT2D eigenvalue weighted by Crippen LogP contribution is 2.35. The van der Waals surface area contributed by atoms with Gasteiger partial charge < -0.3 is 18.7 Å². The fourth-order valence-electron chi connectivity index (χ4n) is 2.72. The average Bonchev–Trinajstić information content (AvgIpc) is 3.08. The zero-order chi connectivity index (χ0) is 19.6. The van der Waals surface area contributed by atoms with Crippen molar-refractivity contribution in [2.45, 2.75) is 18.2 Å². The molecule has 1 heterocycles. The van der Waals surface area contributed by atoms with Crippen molar-refractivity contribution in [2.75, 3.05) is 26.1 Å². The van der Waals surface area contributed by atoms with Crippen LogP contribution in [0.5, 0.6) is 17.2 Å². The van der Waals surface area contributed by atoms with E-state index in [1.807, 2.05) is 6.92 Å². The molecule has 1 aromatic heterocycles. The monoisotopic (exact) mass is 392 g/mol. The summed E-state index contributed by atoms with van der Waals surface area (Å²) in [4.78, 5) is -0.0195. The minimum Gasteiger partial charge on any atom is -0.497 e. The first-order chi connectivity index (χ1) is 12.9. The maximum atomic E-state index is 13.0. The highest BCUT2D eigenvalue weighted by molar-refractivity contribution is 7.92. The van der Waals surface area contributed by atoms with E-state index in [0.29, 0.717) is 23.5 Å². The number of fused-ring (bicyclic) bond motifs is 1. The standard InChI is InChI=1S/C18H20N2O6S/c1-5-13-12-9-14(16(24-3)10-15(12)26-19-13)20-27(21,22)18-7-6-11(23-2)8-17(18)25-4/h6-10,20H,5H2,1-4H3. The Hall–Kier alpha value is -2.94. The highest BCUT2D eigenvalue weighted by atomic mass is 32.2. The second kappa shape index (κ2) is 7.36. The van der Waals surface area contributed by atoms with Crippen LogP contribution in [0.1, 0.15) is 12.6 Å². The molecule has 0 fully saturated rings. The molecule has 0 bridgehead atoms. The topological polar surface area (TPSA) is 99.9 Å². The van der Waals surface area contributed by atoms with Crippen LogP contribution in [0.15, 0.2) is 39.8 Å². The van der Waals surface area contributed by atoms with E-state index >= 15 is 0 Å². The molecule has 0 spiro atoms. The third-order valence-electron chi connectivity index (χ3n) is 4.11. The van der Waals surface area contributed by atoms with Gasteiger partial charge in [0.15, 0.2) is 5.58 Å². The molecule has 0 aliphatic carbocycles. The number of nitrogens with one attached hydrogen (secondary N) is 1. The van der Waals surface area contributed by atoms with Crippen molar-refractivity contribution in [2.24, 2.45) is 0 Å². The molecular weight excluding hydrogens is 372 g/mol. The predicted octanol–water partition coefficient (Wildman–Crippen LogP) is 3.22. The second-order valence-corrected chi connectivity index (χ2v) is 7.30. The molecule has 0 saturated heterocycles. The molecule has 0 unspecified atom stereocenters. The summed E-state index contributed by atoms with van der Waals surface area (Å²) in [7, 11) is 0.387. The number of aromatic nitrogens is 1. The molecule has 1 N–H and O–H groups in total. The van der Waals surface area contributed by atoms with Gasteiger partial charge >= 0.3 is 0 Å².